The molecule has 2 aromatic heterocycles. The van der Waals surface area contributed by atoms with Crippen molar-refractivity contribution < 1.29 is 18.2 Å². The second-order valence-electron chi connectivity index (χ2n) is 6.82. The van der Waals surface area contributed by atoms with E-state index in [0.29, 0.717) is 23.7 Å². The molecule has 0 bridgehead atoms. The van der Waals surface area contributed by atoms with Gasteiger partial charge in [0.1, 0.15) is 11.5 Å². The molecule has 3 heterocycles. The standard InChI is InChI=1S/C20H20FN3O3/c1-13-11-19(27-22-13)20(25)24-10-4-2-3-5-17(24)18-12-16(23-26-18)14-6-8-15(21)9-7-14/h6-9,11-12,17H,2-5,10H2,1H3/t17-/m1/s1. The molecule has 0 saturated carbocycles. The molecule has 0 spiro atoms. The summed E-state index contributed by atoms with van der Waals surface area (Å²) in [6.45, 7) is 2.40. The van der Waals surface area contributed by atoms with Gasteiger partial charge in [0.15, 0.2) is 5.76 Å². The second-order valence-corrected chi connectivity index (χ2v) is 6.82. The van der Waals surface area contributed by atoms with Crippen LogP contribution in [0.5, 0.6) is 0 Å². The van der Waals surface area contributed by atoms with Crippen molar-refractivity contribution >= 4 is 5.91 Å². The molecule has 6 nitrogen and oxygen atoms in total. The highest BCUT2D eigenvalue weighted by Crippen LogP contribution is 2.33. The van der Waals surface area contributed by atoms with E-state index in [1.54, 1.807) is 30.0 Å². The SMILES string of the molecule is Cc1cc(C(=O)N2CCCCC[C@@H]2c2cc(-c3ccc(F)cc3)no2)on1. The van der Waals surface area contributed by atoms with Gasteiger partial charge < -0.3 is 13.9 Å². The molecule has 7 heteroatoms. The average Bonchev–Trinajstić information content (AvgIpc) is 3.25. The minimum atomic E-state index is -0.301. The van der Waals surface area contributed by atoms with Crippen molar-refractivity contribution in [3.8, 4) is 11.3 Å². The van der Waals surface area contributed by atoms with Gasteiger partial charge in [0.05, 0.1) is 11.7 Å². The number of rotatable bonds is 3. The van der Waals surface area contributed by atoms with E-state index < -0.39 is 0 Å². The normalized spacial score (nSPS) is 17.7. The molecule has 1 fully saturated rings. The first-order chi connectivity index (χ1) is 13.1. The third kappa shape index (κ3) is 3.63. The lowest BCUT2D eigenvalue weighted by Gasteiger charge is -2.27. The first kappa shape index (κ1) is 17.5. The van der Waals surface area contributed by atoms with Crippen LogP contribution >= 0.6 is 0 Å². The smallest absolute Gasteiger partial charge is 0.293 e. The fourth-order valence-corrected chi connectivity index (χ4v) is 3.46. The van der Waals surface area contributed by atoms with E-state index in [1.807, 2.05) is 6.07 Å². The van der Waals surface area contributed by atoms with Crippen molar-refractivity contribution in [3.05, 3.63) is 59.4 Å². The van der Waals surface area contributed by atoms with Crippen LogP contribution in [-0.2, 0) is 0 Å². The summed E-state index contributed by atoms with van der Waals surface area (Å²) in [4.78, 5) is 14.7. The van der Waals surface area contributed by atoms with Gasteiger partial charge in [-0.1, -0.05) is 23.2 Å². The van der Waals surface area contributed by atoms with Crippen LogP contribution in [0.2, 0.25) is 0 Å². The van der Waals surface area contributed by atoms with Crippen molar-refractivity contribution in [2.24, 2.45) is 0 Å². The molecule has 3 aromatic rings. The minimum Gasteiger partial charge on any atom is -0.359 e. The Labute approximate surface area is 155 Å². The molecular formula is C20H20FN3O3. The van der Waals surface area contributed by atoms with Crippen molar-refractivity contribution in [1.82, 2.24) is 15.2 Å². The van der Waals surface area contributed by atoms with Gasteiger partial charge in [0.25, 0.3) is 5.91 Å². The summed E-state index contributed by atoms with van der Waals surface area (Å²) >= 11 is 0. The van der Waals surface area contributed by atoms with E-state index in [0.717, 1.165) is 31.2 Å². The van der Waals surface area contributed by atoms with Crippen LogP contribution in [0.1, 0.15) is 53.7 Å². The van der Waals surface area contributed by atoms with E-state index in [2.05, 4.69) is 10.3 Å². The van der Waals surface area contributed by atoms with Gasteiger partial charge in [-0.2, -0.15) is 0 Å². The molecule has 4 rings (SSSR count). The molecule has 0 unspecified atom stereocenters. The van der Waals surface area contributed by atoms with Crippen LogP contribution < -0.4 is 0 Å². The Hall–Kier alpha value is -2.96. The molecule has 1 saturated heterocycles. The molecule has 27 heavy (non-hydrogen) atoms. The monoisotopic (exact) mass is 369 g/mol. The Morgan fingerprint density at radius 3 is 2.67 bits per heavy atom. The Morgan fingerprint density at radius 2 is 1.93 bits per heavy atom. The fourth-order valence-electron chi connectivity index (χ4n) is 3.46. The summed E-state index contributed by atoms with van der Waals surface area (Å²) < 4.78 is 23.9. The van der Waals surface area contributed by atoms with Crippen molar-refractivity contribution in [2.45, 2.75) is 38.6 Å². The number of amides is 1. The Balaban J connectivity index is 1.63. The van der Waals surface area contributed by atoms with Crippen LogP contribution in [0.4, 0.5) is 4.39 Å². The van der Waals surface area contributed by atoms with E-state index in [4.69, 9.17) is 9.05 Å². The largest absolute Gasteiger partial charge is 0.359 e. The topological polar surface area (TPSA) is 72.4 Å². The number of hydrogen-bond donors (Lipinski definition) is 0. The van der Waals surface area contributed by atoms with Gasteiger partial charge in [0, 0.05) is 24.2 Å². The molecular weight excluding hydrogens is 349 g/mol. The highest BCUT2D eigenvalue weighted by Gasteiger charge is 2.32. The van der Waals surface area contributed by atoms with E-state index in [1.165, 1.54) is 12.1 Å². The van der Waals surface area contributed by atoms with Crippen molar-refractivity contribution in [3.63, 3.8) is 0 Å². The van der Waals surface area contributed by atoms with E-state index >= 15 is 0 Å². The number of benzene rings is 1. The van der Waals surface area contributed by atoms with E-state index in [9.17, 15) is 9.18 Å². The van der Waals surface area contributed by atoms with Crippen LogP contribution in [0.25, 0.3) is 11.3 Å². The van der Waals surface area contributed by atoms with Gasteiger partial charge in [0.2, 0.25) is 5.76 Å². The predicted octanol–water partition coefficient (Wildman–Crippen LogP) is 4.53. The zero-order chi connectivity index (χ0) is 18.8. The number of carbonyl (C=O) groups is 1. The molecule has 1 amide bonds. The number of aromatic nitrogens is 2. The Kier molecular flexibility index (Phi) is 4.75. The molecule has 0 N–H and O–H groups in total. The van der Waals surface area contributed by atoms with Gasteiger partial charge in [-0.25, -0.2) is 4.39 Å². The first-order valence-electron chi connectivity index (χ1n) is 9.08. The number of carbonyl (C=O) groups excluding carboxylic acids is 1. The number of hydrogen-bond acceptors (Lipinski definition) is 5. The Bertz CT molecular complexity index is 932. The number of halogens is 1. The van der Waals surface area contributed by atoms with Crippen LogP contribution in [-0.4, -0.2) is 27.7 Å². The lowest BCUT2D eigenvalue weighted by molar-refractivity contribution is 0.0609. The molecule has 1 aromatic carbocycles. The number of likely N-dealkylation sites (tertiary alicyclic amines) is 1. The summed E-state index contributed by atoms with van der Waals surface area (Å²) in [5.74, 6) is 0.367. The molecule has 1 aliphatic rings. The van der Waals surface area contributed by atoms with Crippen LogP contribution in [0, 0.1) is 12.7 Å². The van der Waals surface area contributed by atoms with Crippen molar-refractivity contribution in [2.75, 3.05) is 6.54 Å². The van der Waals surface area contributed by atoms with Crippen LogP contribution in [0.15, 0.2) is 45.4 Å². The van der Waals surface area contributed by atoms with Crippen molar-refractivity contribution in [1.29, 1.82) is 0 Å². The van der Waals surface area contributed by atoms with Gasteiger partial charge in [-0.15, -0.1) is 0 Å². The second kappa shape index (κ2) is 7.34. The Morgan fingerprint density at radius 1 is 1.11 bits per heavy atom. The van der Waals surface area contributed by atoms with E-state index in [-0.39, 0.29) is 23.5 Å². The maximum Gasteiger partial charge on any atom is 0.293 e. The summed E-state index contributed by atoms with van der Waals surface area (Å²) in [5, 5.41) is 7.94. The lowest BCUT2D eigenvalue weighted by Crippen LogP contribution is -2.34. The summed E-state index contributed by atoms with van der Waals surface area (Å²) in [6.07, 6.45) is 3.76. The highest BCUT2D eigenvalue weighted by atomic mass is 19.1. The molecule has 1 atom stereocenters. The summed E-state index contributed by atoms with van der Waals surface area (Å²) in [7, 11) is 0. The zero-order valence-corrected chi connectivity index (χ0v) is 15.0. The number of nitrogens with zero attached hydrogens (tertiary/aromatic N) is 3. The summed E-state index contributed by atoms with van der Waals surface area (Å²) in [5.41, 5.74) is 2.06. The summed E-state index contributed by atoms with van der Waals surface area (Å²) in [6, 6.07) is 9.35. The molecule has 1 aliphatic heterocycles. The van der Waals surface area contributed by atoms with Gasteiger partial charge in [-0.3, -0.25) is 4.79 Å². The van der Waals surface area contributed by atoms with Gasteiger partial charge >= 0.3 is 0 Å². The molecule has 0 aliphatic carbocycles. The lowest BCUT2D eigenvalue weighted by atomic mass is 10.1. The molecule has 0 radical (unpaired) electrons. The molecule has 140 valence electrons. The minimum absolute atomic E-state index is 0.192. The average molecular weight is 369 g/mol. The third-order valence-electron chi connectivity index (χ3n) is 4.85. The predicted molar refractivity (Wildman–Crippen MR) is 95.4 cm³/mol. The number of aryl methyl sites for hydroxylation is 1. The third-order valence-corrected chi connectivity index (χ3v) is 4.85. The zero-order valence-electron chi connectivity index (χ0n) is 15.0. The van der Waals surface area contributed by atoms with Gasteiger partial charge in [-0.05, 0) is 44.0 Å². The first-order valence-corrected chi connectivity index (χ1v) is 9.08. The fraction of sp³-hybridized carbons (Fsp3) is 0.350. The van der Waals surface area contributed by atoms with Crippen LogP contribution in [0.3, 0.4) is 0 Å². The maximum absolute atomic E-state index is 13.1. The highest BCUT2D eigenvalue weighted by molar-refractivity contribution is 5.91. The quantitative estimate of drug-likeness (QED) is 0.678. The maximum atomic E-state index is 13.1.